The van der Waals surface area contributed by atoms with Crippen molar-refractivity contribution >= 4 is 17.7 Å². The SMILES string of the molecule is O=NC(=O)CSc1cccc(O)c1. The fourth-order valence-electron chi connectivity index (χ4n) is 0.745. The van der Waals surface area contributed by atoms with Crippen molar-refractivity contribution < 1.29 is 9.90 Å². The minimum absolute atomic E-state index is 0.00690. The minimum atomic E-state index is -0.701. The second-order valence-corrected chi connectivity index (χ2v) is 3.32. The van der Waals surface area contributed by atoms with Gasteiger partial charge in [-0.1, -0.05) is 6.07 Å². The maximum atomic E-state index is 10.5. The average Bonchev–Trinajstić information content (AvgIpc) is 2.14. The van der Waals surface area contributed by atoms with E-state index < -0.39 is 5.91 Å². The second-order valence-electron chi connectivity index (χ2n) is 2.27. The fraction of sp³-hybridized carbons (Fsp3) is 0.125. The molecule has 1 N–H and O–H groups in total. The lowest BCUT2D eigenvalue weighted by Gasteiger charge is -1.97. The van der Waals surface area contributed by atoms with Gasteiger partial charge >= 0.3 is 0 Å². The van der Waals surface area contributed by atoms with Crippen molar-refractivity contribution in [3.63, 3.8) is 0 Å². The van der Waals surface area contributed by atoms with E-state index in [1.807, 2.05) is 0 Å². The summed E-state index contributed by atoms with van der Waals surface area (Å²) in [6.07, 6.45) is 0. The van der Waals surface area contributed by atoms with Gasteiger partial charge in [-0.05, 0) is 18.2 Å². The van der Waals surface area contributed by atoms with Crippen molar-refractivity contribution in [3.05, 3.63) is 29.2 Å². The molecule has 0 aromatic heterocycles. The van der Waals surface area contributed by atoms with E-state index in [-0.39, 0.29) is 11.5 Å². The maximum absolute atomic E-state index is 10.5. The third-order valence-corrected chi connectivity index (χ3v) is 2.26. The van der Waals surface area contributed by atoms with Gasteiger partial charge in [0.15, 0.2) is 0 Å². The van der Waals surface area contributed by atoms with Crippen LogP contribution in [0, 0.1) is 4.91 Å². The molecule has 0 bridgehead atoms. The molecule has 68 valence electrons. The molecule has 13 heavy (non-hydrogen) atoms. The first-order valence-corrected chi connectivity index (χ1v) is 4.49. The van der Waals surface area contributed by atoms with E-state index in [1.165, 1.54) is 12.1 Å². The Morgan fingerprint density at radius 2 is 2.31 bits per heavy atom. The molecule has 5 heteroatoms. The molecular weight excluding hydrogens is 190 g/mol. The van der Waals surface area contributed by atoms with Crippen molar-refractivity contribution in [2.45, 2.75) is 4.90 Å². The maximum Gasteiger partial charge on any atom is 0.296 e. The summed E-state index contributed by atoms with van der Waals surface area (Å²) in [6.45, 7) is 0. The molecule has 0 saturated carbocycles. The Morgan fingerprint density at radius 1 is 1.54 bits per heavy atom. The largest absolute Gasteiger partial charge is 0.508 e. The van der Waals surface area contributed by atoms with Crippen molar-refractivity contribution in [1.82, 2.24) is 0 Å². The molecule has 0 aliphatic rings. The van der Waals surface area contributed by atoms with Gasteiger partial charge in [0.25, 0.3) is 5.91 Å². The number of thioether (sulfide) groups is 1. The first-order valence-electron chi connectivity index (χ1n) is 3.50. The first-order chi connectivity index (χ1) is 6.22. The van der Waals surface area contributed by atoms with E-state index in [1.54, 1.807) is 12.1 Å². The number of nitrogens with zero attached hydrogens (tertiary/aromatic N) is 1. The standard InChI is InChI=1S/C8H7NO3S/c10-6-2-1-3-7(4-6)13-5-8(11)9-12/h1-4,10H,5H2. The number of benzene rings is 1. The molecule has 1 rings (SSSR count). The Morgan fingerprint density at radius 3 is 2.92 bits per heavy atom. The number of amides is 1. The molecule has 1 aromatic rings. The van der Waals surface area contributed by atoms with Crippen LogP contribution >= 0.6 is 11.8 Å². The molecule has 0 radical (unpaired) electrons. The van der Waals surface area contributed by atoms with Gasteiger partial charge in [-0.25, -0.2) is 0 Å². The van der Waals surface area contributed by atoms with Crippen LogP contribution in [-0.4, -0.2) is 16.8 Å². The molecule has 0 heterocycles. The van der Waals surface area contributed by atoms with Gasteiger partial charge in [0.1, 0.15) is 5.75 Å². The highest BCUT2D eigenvalue weighted by molar-refractivity contribution is 8.00. The van der Waals surface area contributed by atoms with Crippen LogP contribution in [0.2, 0.25) is 0 Å². The normalized spacial score (nSPS) is 9.54. The minimum Gasteiger partial charge on any atom is -0.508 e. The lowest BCUT2D eigenvalue weighted by atomic mass is 10.3. The summed E-state index contributed by atoms with van der Waals surface area (Å²) in [4.78, 5) is 21.0. The van der Waals surface area contributed by atoms with Crippen LogP contribution in [0.5, 0.6) is 5.75 Å². The summed E-state index contributed by atoms with van der Waals surface area (Å²) in [6, 6.07) is 6.45. The van der Waals surface area contributed by atoms with Crippen molar-refractivity contribution in [2.75, 3.05) is 5.75 Å². The van der Waals surface area contributed by atoms with Crippen LogP contribution in [0.4, 0.5) is 0 Å². The van der Waals surface area contributed by atoms with Gasteiger partial charge < -0.3 is 5.11 Å². The number of nitroso groups, excluding NO2 is 1. The van der Waals surface area contributed by atoms with Gasteiger partial charge in [-0.3, -0.25) is 4.79 Å². The number of rotatable bonds is 3. The highest BCUT2D eigenvalue weighted by Gasteiger charge is 2.02. The van der Waals surface area contributed by atoms with Crippen LogP contribution in [0.1, 0.15) is 0 Å². The molecule has 0 unspecified atom stereocenters. The lowest BCUT2D eigenvalue weighted by molar-refractivity contribution is -0.115. The highest BCUT2D eigenvalue weighted by atomic mass is 32.2. The van der Waals surface area contributed by atoms with Crippen LogP contribution in [-0.2, 0) is 4.79 Å². The van der Waals surface area contributed by atoms with Crippen molar-refractivity contribution in [3.8, 4) is 5.75 Å². The molecule has 4 nitrogen and oxygen atoms in total. The topological polar surface area (TPSA) is 66.7 Å². The summed E-state index contributed by atoms with van der Waals surface area (Å²) < 4.78 is 0. The van der Waals surface area contributed by atoms with E-state index in [0.717, 1.165) is 16.7 Å². The number of phenols is 1. The number of hydrogen-bond donors (Lipinski definition) is 1. The summed E-state index contributed by atoms with van der Waals surface area (Å²) in [5.41, 5.74) is 0. The predicted molar refractivity (Wildman–Crippen MR) is 49.6 cm³/mol. The van der Waals surface area contributed by atoms with Crippen LogP contribution in [0.25, 0.3) is 0 Å². The molecular formula is C8H7NO3S. The number of carbonyl (C=O) groups excluding carboxylic acids is 1. The molecule has 1 amide bonds. The number of hydrogen-bond acceptors (Lipinski definition) is 4. The molecule has 0 saturated heterocycles. The van der Waals surface area contributed by atoms with E-state index in [4.69, 9.17) is 5.11 Å². The Balaban J connectivity index is 2.54. The van der Waals surface area contributed by atoms with Crippen LogP contribution in [0.3, 0.4) is 0 Å². The molecule has 0 spiro atoms. The molecule has 0 aliphatic heterocycles. The third-order valence-electron chi connectivity index (χ3n) is 1.28. The molecule has 0 aliphatic carbocycles. The Hall–Kier alpha value is -1.36. The van der Waals surface area contributed by atoms with Crippen LogP contribution in [0.15, 0.2) is 34.3 Å². The first kappa shape index (κ1) is 9.73. The summed E-state index contributed by atoms with van der Waals surface area (Å²) in [5, 5.41) is 11.3. The van der Waals surface area contributed by atoms with Crippen molar-refractivity contribution in [1.29, 1.82) is 0 Å². The second kappa shape index (κ2) is 4.61. The van der Waals surface area contributed by atoms with Gasteiger partial charge in [0.05, 0.1) is 5.75 Å². The van der Waals surface area contributed by atoms with Gasteiger partial charge in [-0.2, -0.15) is 0 Å². The Labute approximate surface area is 78.9 Å². The average molecular weight is 197 g/mol. The smallest absolute Gasteiger partial charge is 0.296 e. The number of aromatic hydroxyl groups is 1. The molecule has 0 fully saturated rings. The summed E-state index contributed by atoms with van der Waals surface area (Å²) in [5.74, 6) is -0.558. The van der Waals surface area contributed by atoms with E-state index in [9.17, 15) is 9.70 Å². The van der Waals surface area contributed by atoms with Gasteiger partial charge in [0.2, 0.25) is 0 Å². The number of carbonyl (C=O) groups is 1. The van der Waals surface area contributed by atoms with Crippen molar-refractivity contribution in [2.24, 2.45) is 5.18 Å². The fourth-order valence-corrected chi connectivity index (χ4v) is 1.47. The highest BCUT2D eigenvalue weighted by Crippen LogP contribution is 2.21. The quantitative estimate of drug-likeness (QED) is 0.592. The third kappa shape index (κ3) is 3.25. The molecule has 0 atom stereocenters. The van der Waals surface area contributed by atoms with E-state index in [2.05, 4.69) is 5.18 Å². The monoisotopic (exact) mass is 197 g/mol. The summed E-state index contributed by atoms with van der Waals surface area (Å²) in [7, 11) is 0. The van der Waals surface area contributed by atoms with Gasteiger partial charge in [0, 0.05) is 10.1 Å². The lowest BCUT2D eigenvalue weighted by Crippen LogP contribution is -1.94. The zero-order chi connectivity index (χ0) is 9.68. The Bertz CT molecular complexity index is 327. The zero-order valence-electron chi connectivity index (χ0n) is 6.64. The predicted octanol–water partition coefficient (Wildman–Crippen LogP) is 1.78. The van der Waals surface area contributed by atoms with E-state index >= 15 is 0 Å². The zero-order valence-corrected chi connectivity index (χ0v) is 7.45. The van der Waals surface area contributed by atoms with Gasteiger partial charge in [-0.15, -0.1) is 16.7 Å². The summed E-state index contributed by atoms with van der Waals surface area (Å²) >= 11 is 1.16. The molecule has 1 aromatic carbocycles. The number of phenolic OH excluding ortho intramolecular Hbond substituents is 1. The van der Waals surface area contributed by atoms with E-state index in [0.29, 0.717) is 0 Å². The van der Waals surface area contributed by atoms with Crippen LogP contribution < -0.4 is 0 Å². The Kier molecular flexibility index (Phi) is 3.45.